The standard InChI is InChI=1S/C15H18N2O3/c1-2-4-13(5-3-1)12-19-15-10-14(20-16-15)11-17-6-8-18-9-7-17/h1-5,10H,6-9,11-12H2. The summed E-state index contributed by atoms with van der Waals surface area (Å²) in [6.07, 6.45) is 0. The first kappa shape index (κ1) is 13.1. The van der Waals surface area contributed by atoms with E-state index < -0.39 is 0 Å². The zero-order chi connectivity index (χ0) is 13.6. The number of rotatable bonds is 5. The number of aromatic nitrogens is 1. The quantitative estimate of drug-likeness (QED) is 0.835. The molecule has 1 saturated heterocycles. The zero-order valence-electron chi connectivity index (χ0n) is 11.3. The molecule has 1 fully saturated rings. The average Bonchev–Trinajstić information content (AvgIpc) is 2.95. The van der Waals surface area contributed by atoms with Gasteiger partial charge in [0.05, 0.1) is 19.8 Å². The Labute approximate surface area is 118 Å². The van der Waals surface area contributed by atoms with Crippen LogP contribution in [0.25, 0.3) is 0 Å². The molecule has 0 spiro atoms. The predicted molar refractivity (Wildman–Crippen MR) is 73.4 cm³/mol. The molecule has 1 aliphatic rings. The Morgan fingerprint density at radius 1 is 1.15 bits per heavy atom. The summed E-state index contributed by atoms with van der Waals surface area (Å²) in [5.74, 6) is 1.37. The maximum absolute atomic E-state index is 5.61. The molecule has 0 unspecified atom stereocenters. The molecular formula is C15H18N2O3. The van der Waals surface area contributed by atoms with E-state index in [1.54, 1.807) is 0 Å². The van der Waals surface area contributed by atoms with Crippen molar-refractivity contribution in [3.63, 3.8) is 0 Å². The Kier molecular flexibility index (Phi) is 4.30. The van der Waals surface area contributed by atoms with Gasteiger partial charge in [0, 0.05) is 19.2 Å². The van der Waals surface area contributed by atoms with Gasteiger partial charge in [-0.25, -0.2) is 0 Å². The molecule has 0 amide bonds. The molecule has 20 heavy (non-hydrogen) atoms. The Morgan fingerprint density at radius 3 is 2.75 bits per heavy atom. The van der Waals surface area contributed by atoms with Gasteiger partial charge in [-0.3, -0.25) is 4.90 Å². The second-order valence-electron chi connectivity index (χ2n) is 4.79. The third kappa shape index (κ3) is 3.59. The Hall–Kier alpha value is -1.85. The van der Waals surface area contributed by atoms with E-state index in [1.165, 1.54) is 0 Å². The van der Waals surface area contributed by atoms with Gasteiger partial charge in [-0.15, -0.1) is 0 Å². The molecule has 0 radical (unpaired) electrons. The summed E-state index contributed by atoms with van der Waals surface area (Å²) in [5, 5.41) is 3.94. The maximum Gasteiger partial charge on any atom is 0.254 e. The lowest BCUT2D eigenvalue weighted by Crippen LogP contribution is -2.35. The first-order valence-electron chi connectivity index (χ1n) is 6.82. The van der Waals surface area contributed by atoms with Crippen LogP contribution in [0.5, 0.6) is 5.88 Å². The zero-order valence-corrected chi connectivity index (χ0v) is 11.3. The minimum Gasteiger partial charge on any atom is -0.471 e. The van der Waals surface area contributed by atoms with Crippen molar-refractivity contribution >= 4 is 0 Å². The topological polar surface area (TPSA) is 47.7 Å². The summed E-state index contributed by atoms with van der Waals surface area (Å²) in [7, 11) is 0. The van der Waals surface area contributed by atoms with E-state index >= 15 is 0 Å². The van der Waals surface area contributed by atoms with Crippen LogP contribution in [0.15, 0.2) is 40.9 Å². The highest BCUT2D eigenvalue weighted by Gasteiger charge is 2.14. The normalized spacial score (nSPS) is 16.2. The van der Waals surface area contributed by atoms with Crippen LogP contribution in [-0.2, 0) is 17.9 Å². The van der Waals surface area contributed by atoms with Crippen molar-refractivity contribution in [2.24, 2.45) is 0 Å². The lowest BCUT2D eigenvalue weighted by atomic mass is 10.2. The third-order valence-electron chi connectivity index (χ3n) is 3.25. The number of hydrogen-bond donors (Lipinski definition) is 0. The SMILES string of the molecule is c1ccc(COc2cc(CN3CCOCC3)on2)cc1. The predicted octanol–water partition coefficient (Wildman–Crippen LogP) is 2.09. The van der Waals surface area contributed by atoms with E-state index in [1.807, 2.05) is 36.4 Å². The van der Waals surface area contributed by atoms with Crippen molar-refractivity contribution in [3.8, 4) is 5.88 Å². The smallest absolute Gasteiger partial charge is 0.254 e. The van der Waals surface area contributed by atoms with Gasteiger partial charge in [0.1, 0.15) is 6.61 Å². The highest BCUT2D eigenvalue weighted by Crippen LogP contribution is 2.15. The minimum atomic E-state index is 0.504. The van der Waals surface area contributed by atoms with Gasteiger partial charge in [-0.05, 0) is 10.7 Å². The fourth-order valence-corrected chi connectivity index (χ4v) is 2.15. The van der Waals surface area contributed by atoms with E-state index in [0.29, 0.717) is 12.5 Å². The molecule has 0 atom stereocenters. The van der Waals surface area contributed by atoms with Gasteiger partial charge in [0.25, 0.3) is 5.88 Å². The van der Waals surface area contributed by atoms with Gasteiger partial charge >= 0.3 is 0 Å². The molecule has 106 valence electrons. The van der Waals surface area contributed by atoms with E-state index in [4.69, 9.17) is 14.0 Å². The summed E-state index contributed by atoms with van der Waals surface area (Å²) >= 11 is 0. The van der Waals surface area contributed by atoms with Crippen LogP contribution in [0.4, 0.5) is 0 Å². The summed E-state index contributed by atoms with van der Waals surface area (Å²) in [5.41, 5.74) is 1.12. The summed E-state index contributed by atoms with van der Waals surface area (Å²) in [4.78, 5) is 2.28. The molecule has 2 heterocycles. The molecule has 5 heteroatoms. The minimum absolute atomic E-state index is 0.504. The second kappa shape index (κ2) is 6.54. The molecular weight excluding hydrogens is 256 g/mol. The van der Waals surface area contributed by atoms with Gasteiger partial charge in [0.15, 0.2) is 5.76 Å². The fraction of sp³-hybridized carbons (Fsp3) is 0.400. The summed E-state index contributed by atoms with van der Waals surface area (Å²) in [6.45, 7) is 4.69. The van der Waals surface area contributed by atoms with Crippen LogP contribution >= 0.6 is 0 Å². The van der Waals surface area contributed by atoms with Crippen molar-refractivity contribution in [1.82, 2.24) is 10.1 Å². The Balaban J connectivity index is 1.51. The fourth-order valence-electron chi connectivity index (χ4n) is 2.15. The second-order valence-corrected chi connectivity index (χ2v) is 4.79. The number of ether oxygens (including phenoxy) is 2. The summed E-state index contributed by atoms with van der Waals surface area (Å²) < 4.78 is 16.2. The lowest BCUT2D eigenvalue weighted by molar-refractivity contribution is 0.0305. The molecule has 0 saturated carbocycles. The molecule has 1 aromatic carbocycles. The van der Waals surface area contributed by atoms with Gasteiger partial charge in [-0.2, -0.15) is 0 Å². The van der Waals surface area contributed by atoms with Gasteiger partial charge in [-0.1, -0.05) is 30.3 Å². The van der Waals surface area contributed by atoms with E-state index in [9.17, 15) is 0 Å². The highest BCUT2D eigenvalue weighted by atomic mass is 16.5. The molecule has 0 N–H and O–H groups in total. The van der Waals surface area contributed by atoms with Gasteiger partial charge in [0.2, 0.25) is 0 Å². The summed E-state index contributed by atoms with van der Waals surface area (Å²) in [6, 6.07) is 11.9. The van der Waals surface area contributed by atoms with Gasteiger partial charge < -0.3 is 14.0 Å². The maximum atomic E-state index is 5.61. The van der Waals surface area contributed by atoms with Crippen LogP contribution in [0.3, 0.4) is 0 Å². The lowest BCUT2D eigenvalue weighted by Gasteiger charge is -2.25. The van der Waals surface area contributed by atoms with Crippen LogP contribution < -0.4 is 4.74 Å². The average molecular weight is 274 g/mol. The largest absolute Gasteiger partial charge is 0.471 e. The van der Waals surface area contributed by atoms with Crippen molar-refractivity contribution in [2.45, 2.75) is 13.2 Å². The third-order valence-corrected chi connectivity index (χ3v) is 3.25. The van der Waals surface area contributed by atoms with E-state index in [0.717, 1.165) is 44.2 Å². The van der Waals surface area contributed by atoms with Crippen molar-refractivity contribution < 1.29 is 14.0 Å². The van der Waals surface area contributed by atoms with Crippen LogP contribution in [-0.4, -0.2) is 36.4 Å². The van der Waals surface area contributed by atoms with Crippen LogP contribution in [0, 0.1) is 0 Å². The molecule has 0 bridgehead atoms. The molecule has 0 aliphatic carbocycles. The first-order chi connectivity index (χ1) is 9.90. The van der Waals surface area contributed by atoms with Crippen molar-refractivity contribution in [2.75, 3.05) is 26.3 Å². The van der Waals surface area contributed by atoms with E-state index in [2.05, 4.69) is 10.1 Å². The highest BCUT2D eigenvalue weighted by molar-refractivity contribution is 5.16. The number of nitrogens with zero attached hydrogens (tertiary/aromatic N) is 2. The molecule has 1 aliphatic heterocycles. The molecule has 2 aromatic rings. The molecule has 1 aromatic heterocycles. The Bertz CT molecular complexity index is 521. The number of morpholine rings is 1. The first-order valence-corrected chi connectivity index (χ1v) is 6.82. The Morgan fingerprint density at radius 2 is 1.95 bits per heavy atom. The van der Waals surface area contributed by atoms with Crippen molar-refractivity contribution in [1.29, 1.82) is 0 Å². The number of benzene rings is 1. The number of hydrogen-bond acceptors (Lipinski definition) is 5. The monoisotopic (exact) mass is 274 g/mol. The van der Waals surface area contributed by atoms with Crippen LogP contribution in [0.1, 0.15) is 11.3 Å². The van der Waals surface area contributed by atoms with E-state index in [-0.39, 0.29) is 0 Å². The van der Waals surface area contributed by atoms with Crippen molar-refractivity contribution in [3.05, 3.63) is 47.7 Å². The molecule has 3 rings (SSSR count). The molecule has 5 nitrogen and oxygen atoms in total. The van der Waals surface area contributed by atoms with Crippen LogP contribution in [0.2, 0.25) is 0 Å².